The van der Waals surface area contributed by atoms with Crippen molar-refractivity contribution in [3.05, 3.63) is 11.6 Å². The first kappa shape index (κ1) is 13.2. The summed E-state index contributed by atoms with van der Waals surface area (Å²) in [7, 11) is 1.63. The van der Waals surface area contributed by atoms with Gasteiger partial charge in [-0.15, -0.1) is 0 Å². The molecule has 106 valence electrons. The van der Waals surface area contributed by atoms with E-state index in [9.17, 15) is 9.90 Å². The molecule has 0 spiro atoms. The third kappa shape index (κ3) is 1.45. The fourth-order valence-corrected chi connectivity index (χ4v) is 5.56. The van der Waals surface area contributed by atoms with Crippen LogP contribution in [0.15, 0.2) is 11.6 Å². The van der Waals surface area contributed by atoms with Crippen molar-refractivity contribution in [2.24, 2.45) is 28.6 Å². The van der Waals surface area contributed by atoms with Gasteiger partial charge in [-0.05, 0) is 49.4 Å². The summed E-state index contributed by atoms with van der Waals surface area (Å²) in [6.07, 6.45) is 6.35. The molecule has 0 saturated heterocycles. The SMILES string of the molecule is COCC1(C(=O)O)CCCC2(C)C3CC=C(C)C2C31. The zero-order valence-electron chi connectivity index (χ0n) is 12.1. The lowest BCUT2D eigenvalue weighted by Crippen LogP contribution is -2.63. The van der Waals surface area contributed by atoms with E-state index in [0.29, 0.717) is 23.9 Å². The van der Waals surface area contributed by atoms with Crippen molar-refractivity contribution in [1.29, 1.82) is 0 Å². The number of methoxy groups -OCH3 is 1. The second-order valence-electron chi connectivity index (χ2n) is 7.05. The van der Waals surface area contributed by atoms with Crippen LogP contribution in [0.1, 0.15) is 39.5 Å². The molecule has 0 radical (unpaired) electrons. The van der Waals surface area contributed by atoms with Gasteiger partial charge < -0.3 is 9.84 Å². The molecule has 1 N–H and O–H groups in total. The molecule has 0 heterocycles. The number of rotatable bonds is 3. The summed E-state index contributed by atoms with van der Waals surface area (Å²) >= 11 is 0. The van der Waals surface area contributed by atoms with E-state index in [1.54, 1.807) is 7.11 Å². The molecule has 3 nitrogen and oxygen atoms in total. The fraction of sp³-hybridized carbons (Fsp3) is 0.812. The Labute approximate surface area is 115 Å². The van der Waals surface area contributed by atoms with Gasteiger partial charge >= 0.3 is 5.97 Å². The molecule has 3 aliphatic rings. The first-order valence-corrected chi connectivity index (χ1v) is 7.36. The van der Waals surface area contributed by atoms with Crippen molar-refractivity contribution in [3.8, 4) is 0 Å². The lowest BCUT2D eigenvalue weighted by Gasteiger charge is -2.65. The second-order valence-corrected chi connectivity index (χ2v) is 7.05. The van der Waals surface area contributed by atoms with Gasteiger partial charge in [0.15, 0.2) is 0 Å². The van der Waals surface area contributed by atoms with Crippen molar-refractivity contribution >= 4 is 5.97 Å². The Morgan fingerprint density at radius 1 is 1.53 bits per heavy atom. The van der Waals surface area contributed by atoms with Gasteiger partial charge in [-0.25, -0.2) is 0 Å². The maximum atomic E-state index is 12.0. The molecule has 4 bridgehead atoms. The third-order valence-corrected chi connectivity index (χ3v) is 6.34. The largest absolute Gasteiger partial charge is 0.481 e. The molecule has 0 amide bonds. The van der Waals surface area contributed by atoms with Gasteiger partial charge in [0.2, 0.25) is 0 Å². The van der Waals surface area contributed by atoms with Crippen LogP contribution >= 0.6 is 0 Å². The van der Waals surface area contributed by atoms with E-state index in [2.05, 4.69) is 19.9 Å². The second kappa shape index (κ2) is 4.08. The molecule has 3 aliphatic carbocycles. The van der Waals surface area contributed by atoms with Crippen molar-refractivity contribution < 1.29 is 14.6 Å². The molecule has 2 saturated carbocycles. The molecular weight excluding hydrogens is 240 g/mol. The van der Waals surface area contributed by atoms with Crippen molar-refractivity contribution in [2.45, 2.75) is 39.5 Å². The highest BCUT2D eigenvalue weighted by Crippen LogP contribution is 2.72. The summed E-state index contributed by atoms with van der Waals surface area (Å²) in [6, 6.07) is 0. The molecule has 3 rings (SSSR count). The monoisotopic (exact) mass is 264 g/mol. The number of carboxylic acids is 1. The van der Waals surface area contributed by atoms with E-state index in [0.717, 1.165) is 19.3 Å². The van der Waals surface area contributed by atoms with E-state index in [1.165, 1.54) is 12.0 Å². The number of aliphatic carboxylic acids is 1. The predicted octanol–water partition coefficient (Wildman–Crippen LogP) is 3.11. The van der Waals surface area contributed by atoms with Gasteiger partial charge in [0, 0.05) is 7.11 Å². The quantitative estimate of drug-likeness (QED) is 0.797. The van der Waals surface area contributed by atoms with Crippen LogP contribution in [0, 0.1) is 28.6 Å². The topological polar surface area (TPSA) is 46.5 Å². The normalized spacial score (nSPS) is 47.9. The highest BCUT2D eigenvalue weighted by Gasteiger charge is 2.69. The Morgan fingerprint density at radius 2 is 2.26 bits per heavy atom. The number of hydrogen-bond acceptors (Lipinski definition) is 2. The Morgan fingerprint density at radius 3 is 2.84 bits per heavy atom. The van der Waals surface area contributed by atoms with E-state index >= 15 is 0 Å². The molecule has 0 aromatic heterocycles. The van der Waals surface area contributed by atoms with Gasteiger partial charge in [-0.3, -0.25) is 4.79 Å². The van der Waals surface area contributed by atoms with Gasteiger partial charge in [0.25, 0.3) is 0 Å². The van der Waals surface area contributed by atoms with E-state index in [-0.39, 0.29) is 5.92 Å². The summed E-state index contributed by atoms with van der Waals surface area (Å²) in [5, 5.41) is 9.87. The first-order valence-electron chi connectivity index (χ1n) is 7.36. The van der Waals surface area contributed by atoms with Crippen LogP contribution in [0.4, 0.5) is 0 Å². The molecular formula is C16H24O3. The van der Waals surface area contributed by atoms with Gasteiger partial charge in [-0.1, -0.05) is 25.0 Å². The van der Waals surface area contributed by atoms with E-state index in [1.807, 2.05) is 0 Å². The zero-order chi connectivity index (χ0) is 13.8. The summed E-state index contributed by atoms with van der Waals surface area (Å²) < 4.78 is 5.33. The maximum absolute atomic E-state index is 12.0. The molecule has 5 unspecified atom stereocenters. The molecule has 3 heteroatoms. The van der Waals surface area contributed by atoms with Crippen LogP contribution < -0.4 is 0 Å². The number of allylic oxidation sites excluding steroid dienone is 2. The van der Waals surface area contributed by atoms with Crippen molar-refractivity contribution in [2.75, 3.05) is 13.7 Å². The molecule has 5 atom stereocenters. The Hall–Kier alpha value is -0.830. The van der Waals surface area contributed by atoms with Crippen LogP contribution in [0.5, 0.6) is 0 Å². The molecule has 19 heavy (non-hydrogen) atoms. The fourth-order valence-electron chi connectivity index (χ4n) is 5.56. The number of fused-ring (bicyclic) bond motifs is 1. The predicted molar refractivity (Wildman–Crippen MR) is 72.7 cm³/mol. The third-order valence-electron chi connectivity index (χ3n) is 6.34. The summed E-state index contributed by atoms with van der Waals surface area (Å²) in [5.74, 6) is 0.630. The van der Waals surface area contributed by atoms with E-state index < -0.39 is 11.4 Å². The standard InChI is InChI=1S/C16H24O3/c1-10-5-6-11-13-12(10)15(11,2)7-4-8-16(13,9-19-3)14(17)18/h5,11-13H,4,6-9H2,1-3H3,(H,17,18). The van der Waals surface area contributed by atoms with Gasteiger partial charge in [0.05, 0.1) is 12.0 Å². The smallest absolute Gasteiger partial charge is 0.312 e. The summed E-state index contributed by atoms with van der Waals surface area (Å²) in [4.78, 5) is 12.0. The van der Waals surface area contributed by atoms with Crippen LogP contribution in [0.2, 0.25) is 0 Å². The lowest BCUT2D eigenvalue weighted by molar-refractivity contribution is -0.190. The van der Waals surface area contributed by atoms with Crippen LogP contribution in [0.25, 0.3) is 0 Å². The van der Waals surface area contributed by atoms with Crippen molar-refractivity contribution in [1.82, 2.24) is 0 Å². The minimum atomic E-state index is -0.657. The minimum absolute atomic E-state index is 0.280. The van der Waals surface area contributed by atoms with E-state index in [4.69, 9.17) is 4.74 Å². The van der Waals surface area contributed by atoms with Crippen molar-refractivity contribution in [3.63, 3.8) is 0 Å². The Bertz CT molecular complexity index is 441. The number of ether oxygens (including phenoxy) is 1. The van der Waals surface area contributed by atoms with Crippen LogP contribution in [-0.4, -0.2) is 24.8 Å². The molecule has 0 aromatic carbocycles. The highest BCUT2D eigenvalue weighted by molar-refractivity contribution is 5.76. The average Bonchev–Trinajstić information content (AvgIpc) is 2.56. The maximum Gasteiger partial charge on any atom is 0.312 e. The highest BCUT2D eigenvalue weighted by atomic mass is 16.5. The van der Waals surface area contributed by atoms with Gasteiger partial charge in [-0.2, -0.15) is 0 Å². The minimum Gasteiger partial charge on any atom is -0.481 e. The number of carboxylic acid groups (broad SMARTS) is 1. The lowest BCUT2D eigenvalue weighted by atomic mass is 9.38. The molecule has 2 fully saturated rings. The Balaban J connectivity index is 2.06. The Kier molecular flexibility index (Phi) is 2.83. The first-order chi connectivity index (χ1) is 8.97. The zero-order valence-corrected chi connectivity index (χ0v) is 12.1. The van der Waals surface area contributed by atoms with Gasteiger partial charge in [0.1, 0.15) is 0 Å². The van der Waals surface area contributed by atoms with Crippen LogP contribution in [-0.2, 0) is 9.53 Å². The molecule has 0 aromatic rings. The number of carbonyl (C=O) groups is 1. The summed E-state index contributed by atoms with van der Waals surface area (Å²) in [5.41, 5.74) is 1.10. The average molecular weight is 264 g/mol. The van der Waals surface area contributed by atoms with Crippen LogP contribution in [0.3, 0.4) is 0 Å². The molecule has 0 aliphatic heterocycles. The summed E-state index contributed by atoms with van der Waals surface area (Å²) in [6.45, 7) is 4.93. The number of hydrogen-bond donors (Lipinski definition) is 1.